The molecular formula is C10H16N2O3S. The minimum absolute atomic E-state index is 0.195. The second-order valence-corrected chi connectivity index (χ2v) is 4.17. The van der Waals surface area contributed by atoms with E-state index >= 15 is 0 Å². The molecule has 1 aromatic heterocycles. The van der Waals surface area contributed by atoms with Gasteiger partial charge in [0.15, 0.2) is 5.69 Å². The Hall–Kier alpha value is -1.17. The molecule has 1 atom stereocenters. The molecule has 6 heteroatoms. The van der Waals surface area contributed by atoms with Crippen LogP contribution in [0.4, 0.5) is 6.01 Å². The normalized spacial score (nSPS) is 12.2. The van der Waals surface area contributed by atoms with Crippen LogP contribution < -0.4 is 5.32 Å². The molecular weight excluding hydrogens is 228 g/mol. The van der Waals surface area contributed by atoms with Gasteiger partial charge in [0.2, 0.25) is 0 Å². The molecule has 0 aliphatic heterocycles. The van der Waals surface area contributed by atoms with E-state index in [0.29, 0.717) is 12.6 Å². The van der Waals surface area contributed by atoms with Gasteiger partial charge >= 0.3 is 5.97 Å². The highest BCUT2D eigenvalue weighted by molar-refractivity contribution is 7.98. The molecule has 0 saturated heterocycles. The van der Waals surface area contributed by atoms with Crippen LogP contribution in [0.1, 0.15) is 24.3 Å². The van der Waals surface area contributed by atoms with Gasteiger partial charge in [-0.05, 0) is 20.1 Å². The molecule has 0 fully saturated rings. The number of hydrogen-bond donors (Lipinski definition) is 1. The number of rotatable bonds is 6. The molecule has 90 valence electrons. The van der Waals surface area contributed by atoms with Crippen molar-refractivity contribution in [2.24, 2.45) is 0 Å². The van der Waals surface area contributed by atoms with E-state index < -0.39 is 5.97 Å². The quantitative estimate of drug-likeness (QED) is 0.772. The largest absolute Gasteiger partial charge is 0.461 e. The number of nitrogens with one attached hydrogen (secondary N) is 1. The van der Waals surface area contributed by atoms with E-state index in [4.69, 9.17) is 9.15 Å². The maximum absolute atomic E-state index is 11.3. The Labute approximate surface area is 98.9 Å². The van der Waals surface area contributed by atoms with E-state index in [0.717, 1.165) is 5.75 Å². The van der Waals surface area contributed by atoms with Gasteiger partial charge in [0.1, 0.15) is 6.26 Å². The third-order valence-corrected chi connectivity index (χ3v) is 2.61. The van der Waals surface area contributed by atoms with Crippen molar-refractivity contribution in [2.45, 2.75) is 19.9 Å². The van der Waals surface area contributed by atoms with Crippen LogP contribution in [0.3, 0.4) is 0 Å². The maximum Gasteiger partial charge on any atom is 0.360 e. The average Bonchev–Trinajstić information content (AvgIpc) is 2.67. The summed E-state index contributed by atoms with van der Waals surface area (Å²) in [5, 5.41) is 3.05. The number of nitrogens with zero attached hydrogens (tertiary/aromatic N) is 1. The first kappa shape index (κ1) is 12.9. The maximum atomic E-state index is 11.3. The SMILES string of the molecule is CCOC(=O)c1coc(NC(C)CSC)n1. The van der Waals surface area contributed by atoms with Crippen LogP contribution in [-0.4, -0.2) is 35.6 Å². The minimum Gasteiger partial charge on any atom is -0.461 e. The van der Waals surface area contributed by atoms with Gasteiger partial charge in [-0.15, -0.1) is 0 Å². The van der Waals surface area contributed by atoms with Crippen molar-refractivity contribution in [3.8, 4) is 0 Å². The van der Waals surface area contributed by atoms with E-state index in [-0.39, 0.29) is 11.7 Å². The predicted octanol–water partition coefficient (Wildman–Crippen LogP) is 2.01. The highest BCUT2D eigenvalue weighted by Gasteiger charge is 2.13. The van der Waals surface area contributed by atoms with Crippen molar-refractivity contribution in [1.82, 2.24) is 4.98 Å². The monoisotopic (exact) mass is 244 g/mol. The Morgan fingerprint density at radius 3 is 3.12 bits per heavy atom. The van der Waals surface area contributed by atoms with E-state index in [2.05, 4.69) is 10.3 Å². The molecule has 0 aromatic carbocycles. The van der Waals surface area contributed by atoms with Crippen LogP contribution in [0.25, 0.3) is 0 Å². The van der Waals surface area contributed by atoms with Crippen LogP contribution >= 0.6 is 11.8 Å². The van der Waals surface area contributed by atoms with Crippen LogP contribution in [0.15, 0.2) is 10.7 Å². The van der Waals surface area contributed by atoms with Crippen LogP contribution in [0, 0.1) is 0 Å². The first-order valence-electron chi connectivity index (χ1n) is 5.05. The van der Waals surface area contributed by atoms with Crippen molar-refractivity contribution in [2.75, 3.05) is 23.9 Å². The summed E-state index contributed by atoms with van der Waals surface area (Å²) in [7, 11) is 0. The number of carbonyl (C=O) groups is 1. The van der Waals surface area contributed by atoms with Gasteiger partial charge in [0.25, 0.3) is 6.01 Å². The van der Waals surface area contributed by atoms with E-state index in [1.165, 1.54) is 6.26 Å². The molecule has 1 heterocycles. The van der Waals surface area contributed by atoms with Crippen LogP contribution in [0.2, 0.25) is 0 Å². The number of anilines is 1. The van der Waals surface area contributed by atoms with E-state index in [1.54, 1.807) is 18.7 Å². The first-order chi connectivity index (χ1) is 7.67. The van der Waals surface area contributed by atoms with Crippen molar-refractivity contribution < 1.29 is 13.9 Å². The highest BCUT2D eigenvalue weighted by atomic mass is 32.2. The fourth-order valence-corrected chi connectivity index (χ4v) is 1.72. The number of oxazole rings is 1. The summed E-state index contributed by atoms with van der Waals surface area (Å²) >= 11 is 1.73. The molecule has 0 aliphatic rings. The number of esters is 1. The third-order valence-electron chi connectivity index (χ3n) is 1.78. The lowest BCUT2D eigenvalue weighted by Crippen LogP contribution is -2.18. The molecule has 0 radical (unpaired) electrons. The molecule has 1 rings (SSSR count). The molecule has 1 unspecified atom stereocenters. The van der Waals surface area contributed by atoms with E-state index in [9.17, 15) is 4.79 Å². The standard InChI is InChI=1S/C10H16N2O3S/c1-4-14-9(13)8-5-15-10(12-8)11-7(2)6-16-3/h5,7H,4,6H2,1-3H3,(H,11,12). The fraction of sp³-hybridized carbons (Fsp3) is 0.600. The lowest BCUT2D eigenvalue weighted by molar-refractivity contribution is 0.0519. The zero-order chi connectivity index (χ0) is 12.0. The summed E-state index contributed by atoms with van der Waals surface area (Å²) in [6.07, 6.45) is 3.32. The molecule has 0 spiro atoms. The molecule has 0 amide bonds. The lowest BCUT2D eigenvalue weighted by Gasteiger charge is -2.09. The summed E-state index contributed by atoms with van der Waals surface area (Å²) in [5.41, 5.74) is 0.195. The summed E-state index contributed by atoms with van der Waals surface area (Å²) in [6.45, 7) is 4.10. The summed E-state index contributed by atoms with van der Waals surface area (Å²) in [6, 6.07) is 0.591. The van der Waals surface area contributed by atoms with Crippen molar-refractivity contribution in [1.29, 1.82) is 0 Å². The van der Waals surface area contributed by atoms with Crippen LogP contribution in [0.5, 0.6) is 0 Å². The Morgan fingerprint density at radius 1 is 1.75 bits per heavy atom. The Kier molecular flexibility index (Phi) is 5.18. The van der Waals surface area contributed by atoms with Gasteiger partial charge in [-0.2, -0.15) is 16.7 Å². The van der Waals surface area contributed by atoms with Gasteiger partial charge in [0, 0.05) is 11.8 Å². The summed E-state index contributed by atoms with van der Waals surface area (Å²) in [5.74, 6) is 0.480. The van der Waals surface area contributed by atoms with Gasteiger partial charge in [-0.25, -0.2) is 4.79 Å². The number of ether oxygens (including phenoxy) is 1. The predicted molar refractivity (Wildman–Crippen MR) is 63.9 cm³/mol. The zero-order valence-electron chi connectivity index (χ0n) is 9.65. The topological polar surface area (TPSA) is 64.4 Å². The Bertz CT molecular complexity index is 341. The molecule has 0 bridgehead atoms. The molecule has 1 aromatic rings. The Morgan fingerprint density at radius 2 is 2.50 bits per heavy atom. The number of thioether (sulfide) groups is 1. The first-order valence-corrected chi connectivity index (χ1v) is 6.44. The molecule has 5 nitrogen and oxygen atoms in total. The van der Waals surface area contributed by atoms with Gasteiger partial charge in [-0.1, -0.05) is 0 Å². The van der Waals surface area contributed by atoms with Crippen molar-refractivity contribution >= 4 is 23.7 Å². The smallest absolute Gasteiger partial charge is 0.360 e. The minimum atomic E-state index is -0.461. The molecule has 0 aliphatic carbocycles. The second kappa shape index (κ2) is 6.42. The van der Waals surface area contributed by atoms with E-state index in [1.807, 2.05) is 13.2 Å². The van der Waals surface area contributed by atoms with Crippen LogP contribution in [-0.2, 0) is 4.74 Å². The second-order valence-electron chi connectivity index (χ2n) is 3.26. The van der Waals surface area contributed by atoms with Gasteiger partial charge in [0.05, 0.1) is 6.61 Å². The number of aromatic nitrogens is 1. The third kappa shape index (κ3) is 3.77. The molecule has 0 saturated carbocycles. The molecule has 1 N–H and O–H groups in total. The zero-order valence-corrected chi connectivity index (χ0v) is 10.5. The molecule has 16 heavy (non-hydrogen) atoms. The van der Waals surface area contributed by atoms with Crippen molar-refractivity contribution in [3.05, 3.63) is 12.0 Å². The average molecular weight is 244 g/mol. The van der Waals surface area contributed by atoms with Gasteiger partial charge < -0.3 is 14.5 Å². The summed E-state index contributed by atoms with van der Waals surface area (Å²) < 4.78 is 9.92. The highest BCUT2D eigenvalue weighted by Crippen LogP contribution is 2.11. The fourth-order valence-electron chi connectivity index (χ4n) is 1.14. The number of carbonyl (C=O) groups excluding carboxylic acids is 1. The van der Waals surface area contributed by atoms with Gasteiger partial charge in [-0.3, -0.25) is 0 Å². The lowest BCUT2D eigenvalue weighted by atomic mass is 10.4. The Balaban J connectivity index is 2.54. The number of hydrogen-bond acceptors (Lipinski definition) is 6. The van der Waals surface area contributed by atoms with Crippen molar-refractivity contribution in [3.63, 3.8) is 0 Å². The summed E-state index contributed by atoms with van der Waals surface area (Å²) in [4.78, 5) is 15.3.